The van der Waals surface area contributed by atoms with Crippen molar-refractivity contribution >= 4 is 17.4 Å². The molecule has 2 heterocycles. The smallest absolute Gasteiger partial charge is 0.368 e. The summed E-state index contributed by atoms with van der Waals surface area (Å²) < 4.78 is 36.7. The molecular formula is C11H14ClF3N4. The van der Waals surface area contributed by atoms with Crippen LogP contribution in [0.4, 0.5) is 19.0 Å². The molecule has 1 saturated heterocycles. The standard InChI is InChI=1S/C11H14ClF3N4/c12-9-1-2-10(18-17-9)16-5-8-3-4-19(6-8)7-11(13,14)15/h1-2,8H,3-7H2,(H,16,18)/t8-/m1/s1. The third-order valence-electron chi connectivity index (χ3n) is 2.98. The molecule has 0 aromatic carbocycles. The van der Waals surface area contributed by atoms with Crippen LogP contribution in [0.1, 0.15) is 6.42 Å². The predicted molar refractivity (Wildman–Crippen MR) is 66.1 cm³/mol. The highest BCUT2D eigenvalue weighted by molar-refractivity contribution is 6.29. The highest BCUT2D eigenvalue weighted by atomic mass is 35.5. The topological polar surface area (TPSA) is 41.0 Å². The van der Waals surface area contributed by atoms with Gasteiger partial charge in [0, 0.05) is 13.1 Å². The summed E-state index contributed by atoms with van der Waals surface area (Å²) >= 11 is 5.60. The average Bonchev–Trinajstić information content (AvgIpc) is 2.73. The average molecular weight is 295 g/mol. The van der Waals surface area contributed by atoms with E-state index in [-0.39, 0.29) is 5.92 Å². The van der Waals surface area contributed by atoms with E-state index in [4.69, 9.17) is 11.6 Å². The SMILES string of the molecule is FC(F)(F)CN1CC[C@H](CNc2ccc(Cl)nn2)C1. The van der Waals surface area contributed by atoms with Gasteiger partial charge in [-0.2, -0.15) is 13.2 Å². The molecule has 0 unspecified atom stereocenters. The first-order valence-electron chi connectivity index (χ1n) is 5.94. The van der Waals surface area contributed by atoms with E-state index < -0.39 is 12.7 Å². The van der Waals surface area contributed by atoms with Gasteiger partial charge >= 0.3 is 6.18 Å². The fourth-order valence-corrected chi connectivity index (χ4v) is 2.24. The van der Waals surface area contributed by atoms with Crippen molar-refractivity contribution in [3.05, 3.63) is 17.3 Å². The first-order chi connectivity index (χ1) is 8.92. The lowest BCUT2D eigenvalue weighted by Gasteiger charge is -2.18. The van der Waals surface area contributed by atoms with Crippen molar-refractivity contribution in [2.75, 3.05) is 31.5 Å². The summed E-state index contributed by atoms with van der Waals surface area (Å²) in [4.78, 5) is 1.43. The minimum atomic E-state index is -4.12. The van der Waals surface area contributed by atoms with Crippen molar-refractivity contribution in [1.29, 1.82) is 0 Å². The van der Waals surface area contributed by atoms with E-state index in [0.717, 1.165) is 6.42 Å². The summed E-state index contributed by atoms with van der Waals surface area (Å²) in [6.45, 7) is 0.695. The third kappa shape index (κ3) is 4.83. The Morgan fingerprint density at radius 2 is 2.16 bits per heavy atom. The van der Waals surface area contributed by atoms with Gasteiger partial charge < -0.3 is 5.32 Å². The Morgan fingerprint density at radius 1 is 1.37 bits per heavy atom. The van der Waals surface area contributed by atoms with Gasteiger partial charge in [0.15, 0.2) is 5.15 Å². The monoisotopic (exact) mass is 294 g/mol. The van der Waals surface area contributed by atoms with E-state index in [1.165, 1.54) is 4.90 Å². The number of likely N-dealkylation sites (tertiary alicyclic amines) is 1. The zero-order chi connectivity index (χ0) is 13.9. The molecule has 0 radical (unpaired) electrons. The van der Waals surface area contributed by atoms with Crippen LogP contribution in [0.3, 0.4) is 0 Å². The number of nitrogens with one attached hydrogen (secondary N) is 1. The zero-order valence-corrected chi connectivity index (χ0v) is 10.9. The third-order valence-corrected chi connectivity index (χ3v) is 3.18. The molecule has 0 aliphatic carbocycles. The summed E-state index contributed by atoms with van der Waals surface area (Å²) in [7, 11) is 0. The molecular weight excluding hydrogens is 281 g/mol. The Morgan fingerprint density at radius 3 is 2.79 bits per heavy atom. The molecule has 19 heavy (non-hydrogen) atoms. The molecule has 8 heteroatoms. The molecule has 0 amide bonds. The second-order valence-corrected chi connectivity index (χ2v) is 5.01. The largest absolute Gasteiger partial charge is 0.401 e. The van der Waals surface area contributed by atoms with Gasteiger partial charge in [-0.05, 0) is 31.0 Å². The number of alkyl halides is 3. The van der Waals surface area contributed by atoms with E-state index in [0.29, 0.717) is 30.6 Å². The summed E-state index contributed by atoms with van der Waals surface area (Å²) in [5.41, 5.74) is 0. The normalized spacial score (nSPS) is 20.7. The molecule has 1 aromatic heterocycles. The van der Waals surface area contributed by atoms with E-state index in [1.54, 1.807) is 12.1 Å². The number of halogens is 4. The highest BCUT2D eigenvalue weighted by Crippen LogP contribution is 2.22. The molecule has 106 valence electrons. The van der Waals surface area contributed by atoms with Gasteiger partial charge in [-0.15, -0.1) is 10.2 Å². The van der Waals surface area contributed by atoms with Crippen molar-refractivity contribution in [3.8, 4) is 0 Å². The number of aromatic nitrogens is 2. The molecule has 1 fully saturated rings. The molecule has 1 N–H and O–H groups in total. The zero-order valence-electron chi connectivity index (χ0n) is 10.1. The maximum atomic E-state index is 12.2. The second-order valence-electron chi connectivity index (χ2n) is 4.63. The van der Waals surface area contributed by atoms with Crippen LogP contribution in [-0.2, 0) is 0 Å². The molecule has 1 aliphatic heterocycles. The molecule has 0 spiro atoms. The fraction of sp³-hybridized carbons (Fsp3) is 0.636. The number of nitrogens with zero attached hydrogens (tertiary/aromatic N) is 3. The number of hydrogen-bond donors (Lipinski definition) is 1. The van der Waals surface area contributed by atoms with Crippen LogP contribution in [0.5, 0.6) is 0 Å². The lowest BCUT2D eigenvalue weighted by molar-refractivity contribution is -0.143. The van der Waals surface area contributed by atoms with Gasteiger partial charge in [0.25, 0.3) is 0 Å². The minimum Gasteiger partial charge on any atom is -0.368 e. The Hall–Kier alpha value is -1.08. The van der Waals surface area contributed by atoms with Gasteiger partial charge in [0.1, 0.15) is 5.82 Å². The molecule has 1 aliphatic rings. The van der Waals surface area contributed by atoms with Crippen molar-refractivity contribution in [2.24, 2.45) is 5.92 Å². The Kier molecular flexibility index (Phi) is 4.46. The second kappa shape index (κ2) is 5.92. The van der Waals surface area contributed by atoms with Crippen molar-refractivity contribution in [3.63, 3.8) is 0 Å². The van der Waals surface area contributed by atoms with Crippen LogP contribution in [0.15, 0.2) is 12.1 Å². The number of rotatable bonds is 4. The molecule has 2 rings (SSSR count). The quantitative estimate of drug-likeness (QED) is 0.926. The van der Waals surface area contributed by atoms with E-state index in [1.807, 2.05) is 0 Å². The number of hydrogen-bond acceptors (Lipinski definition) is 4. The highest BCUT2D eigenvalue weighted by Gasteiger charge is 2.34. The molecule has 1 atom stereocenters. The van der Waals surface area contributed by atoms with E-state index >= 15 is 0 Å². The summed E-state index contributed by atoms with van der Waals surface area (Å²) in [6.07, 6.45) is -3.37. The predicted octanol–water partition coefficient (Wildman–Crippen LogP) is 2.43. The van der Waals surface area contributed by atoms with Gasteiger partial charge in [-0.1, -0.05) is 11.6 Å². The molecule has 4 nitrogen and oxygen atoms in total. The summed E-state index contributed by atoms with van der Waals surface area (Å²) in [6, 6.07) is 3.30. The van der Waals surface area contributed by atoms with Crippen molar-refractivity contribution in [2.45, 2.75) is 12.6 Å². The first-order valence-corrected chi connectivity index (χ1v) is 6.32. The maximum absolute atomic E-state index is 12.2. The molecule has 0 saturated carbocycles. The van der Waals surface area contributed by atoms with Crippen LogP contribution in [0.25, 0.3) is 0 Å². The van der Waals surface area contributed by atoms with Crippen molar-refractivity contribution < 1.29 is 13.2 Å². The Labute approximate surface area is 113 Å². The van der Waals surface area contributed by atoms with Crippen molar-refractivity contribution in [1.82, 2.24) is 15.1 Å². The molecule has 0 bridgehead atoms. The van der Waals surface area contributed by atoms with E-state index in [2.05, 4.69) is 15.5 Å². The maximum Gasteiger partial charge on any atom is 0.401 e. The number of anilines is 1. The Bertz CT molecular complexity index is 409. The van der Waals surface area contributed by atoms with Crippen LogP contribution >= 0.6 is 11.6 Å². The summed E-state index contributed by atoms with van der Waals surface area (Å²) in [5.74, 6) is 0.776. The summed E-state index contributed by atoms with van der Waals surface area (Å²) in [5, 5.41) is 10.9. The fourth-order valence-electron chi connectivity index (χ4n) is 2.14. The van der Waals surface area contributed by atoms with Crippen LogP contribution in [0.2, 0.25) is 5.15 Å². The lowest BCUT2D eigenvalue weighted by Crippen LogP contribution is -2.33. The van der Waals surface area contributed by atoms with Gasteiger partial charge in [0.2, 0.25) is 0 Å². The molecule has 1 aromatic rings. The van der Waals surface area contributed by atoms with Crippen LogP contribution in [0, 0.1) is 5.92 Å². The van der Waals surface area contributed by atoms with E-state index in [9.17, 15) is 13.2 Å². The Balaban J connectivity index is 1.75. The van der Waals surface area contributed by atoms with Gasteiger partial charge in [0.05, 0.1) is 6.54 Å². The van der Waals surface area contributed by atoms with Gasteiger partial charge in [-0.3, -0.25) is 4.90 Å². The van der Waals surface area contributed by atoms with Crippen LogP contribution in [-0.4, -0.2) is 47.5 Å². The minimum absolute atomic E-state index is 0.194. The van der Waals surface area contributed by atoms with Crippen LogP contribution < -0.4 is 5.32 Å². The first kappa shape index (κ1) is 14.3. The van der Waals surface area contributed by atoms with Gasteiger partial charge in [-0.25, -0.2) is 0 Å². The lowest BCUT2D eigenvalue weighted by atomic mass is 10.1.